The van der Waals surface area contributed by atoms with Crippen molar-refractivity contribution in [2.45, 2.75) is 37.7 Å². The number of aromatic nitrogens is 1. The van der Waals surface area contributed by atoms with E-state index >= 15 is 0 Å². The van der Waals surface area contributed by atoms with E-state index in [0.717, 1.165) is 67.0 Å². The van der Waals surface area contributed by atoms with Crippen LogP contribution < -0.4 is 0 Å². The largest absolute Gasteiger partial charge is 0.416 e. The Morgan fingerprint density at radius 2 is 1.52 bits per heavy atom. The number of aromatic amines is 1. The Balaban J connectivity index is 1.20. The van der Waals surface area contributed by atoms with Gasteiger partial charge in [0.25, 0.3) is 5.91 Å². The molecule has 0 unspecified atom stereocenters. The quantitative estimate of drug-likeness (QED) is 0.0729. The summed E-state index contributed by atoms with van der Waals surface area (Å²) in [7, 11) is 0. The number of fused-ring (bicyclic) bond motifs is 1. The van der Waals surface area contributed by atoms with Gasteiger partial charge < -0.3 is 19.5 Å². The Labute approximate surface area is 298 Å². The fourth-order valence-electron chi connectivity index (χ4n) is 6.80. The summed E-state index contributed by atoms with van der Waals surface area (Å²) < 4.78 is 87.7. The van der Waals surface area contributed by atoms with Crippen molar-refractivity contribution in [3.8, 4) is 0 Å². The van der Waals surface area contributed by atoms with E-state index in [1.807, 2.05) is 60.8 Å². The van der Waals surface area contributed by atoms with Gasteiger partial charge in [-0.1, -0.05) is 53.7 Å². The summed E-state index contributed by atoms with van der Waals surface area (Å²) in [6, 6.07) is 17.8. The zero-order valence-corrected chi connectivity index (χ0v) is 28.6. The van der Waals surface area contributed by atoms with Gasteiger partial charge in [-0.05, 0) is 48.2 Å². The Morgan fingerprint density at radius 3 is 2.23 bits per heavy atom. The molecule has 0 bridgehead atoms. The average Bonchev–Trinajstić information content (AvgIpc) is 3.55. The molecule has 0 radical (unpaired) electrons. The van der Waals surface area contributed by atoms with Crippen LogP contribution in [-0.4, -0.2) is 103 Å². The van der Waals surface area contributed by atoms with Crippen molar-refractivity contribution in [3.05, 3.63) is 107 Å². The van der Waals surface area contributed by atoms with Crippen LogP contribution in [-0.2, 0) is 28.3 Å². The summed E-state index contributed by atoms with van der Waals surface area (Å²) in [6.07, 6.45) is -6.64. The molecule has 0 spiro atoms. The molecule has 1 amide bonds. The lowest BCUT2D eigenvalue weighted by Crippen LogP contribution is -2.56. The van der Waals surface area contributed by atoms with Gasteiger partial charge in [-0.15, -0.1) is 0 Å². The molecule has 2 saturated heterocycles. The molecule has 6 rings (SSSR count). The number of hydrogen-bond donors (Lipinski definition) is 1. The van der Waals surface area contributed by atoms with Crippen LogP contribution in [0.2, 0.25) is 0 Å². The first kappa shape index (κ1) is 37.4. The topological polar surface area (TPSA) is 73.4 Å². The van der Waals surface area contributed by atoms with E-state index in [4.69, 9.17) is 9.57 Å². The minimum Gasteiger partial charge on any atom is -0.396 e. The highest BCUT2D eigenvalue weighted by Gasteiger charge is 2.39. The average molecular weight is 730 g/mol. The van der Waals surface area contributed by atoms with Gasteiger partial charge in [-0.2, -0.15) is 26.3 Å². The molecule has 278 valence electrons. The summed E-state index contributed by atoms with van der Waals surface area (Å²) in [5.74, 6) is -0.877. The van der Waals surface area contributed by atoms with Crippen LogP contribution in [0.15, 0.2) is 84.1 Å². The van der Waals surface area contributed by atoms with E-state index in [0.29, 0.717) is 51.2 Å². The molecule has 52 heavy (non-hydrogen) atoms. The number of halogens is 6. The maximum absolute atomic E-state index is 13.9. The van der Waals surface area contributed by atoms with Crippen LogP contribution in [0.25, 0.3) is 10.9 Å². The van der Waals surface area contributed by atoms with E-state index in [-0.39, 0.29) is 12.6 Å². The normalized spacial score (nSPS) is 18.2. The molecule has 8 nitrogen and oxygen atoms in total. The number of carbonyl (C=O) groups is 1. The lowest BCUT2D eigenvalue weighted by molar-refractivity contribution is -0.143. The number of benzene rings is 3. The van der Waals surface area contributed by atoms with Crippen LogP contribution in [0.4, 0.5) is 26.3 Å². The number of amides is 1. The second-order valence-electron chi connectivity index (χ2n) is 13.1. The number of nitrogens with zero attached hydrogens (tertiary/aromatic N) is 4. The number of morpholine rings is 1. The smallest absolute Gasteiger partial charge is 0.396 e. The molecule has 3 heterocycles. The molecule has 2 fully saturated rings. The molecule has 1 N–H and O–H groups in total. The van der Waals surface area contributed by atoms with Gasteiger partial charge in [0.1, 0.15) is 6.61 Å². The highest BCUT2D eigenvalue weighted by molar-refractivity contribution is 6.00. The molecule has 1 atom stereocenters. The highest BCUT2D eigenvalue weighted by Crippen LogP contribution is 2.37. The van der Waals surface area contributed by atoms with Gasteiger partial charge >= 0.3 is 12.4 Å². The van der Waals surface area contributed by atoms with Crippen molar-refractivity contribution in [2.24, 2.45) is 5.16 Å². The number of piperazine rings is 1. The van der Waals surface area contributed by atoms with Gasteiger partial charge in [0.2, 0.25) is 0 Å². The van der Waals surface area contributed by atoms with Crippen molar-refractivity contribution in [3.63, 3.8) is 0 Å². The fourth-order valence-corrected chi connectivity index (χ4v) is 6.80. The van der Waals surface area contributed by atoms with Crippen LogP contribution in [0.5, 0.6) is 0 Å². The lowest BCUT2D eigenvalue weighted by Gasteiger charge is -2.42. The zero-order chi connectivity index (χ0) is 36.7. The number of rotatable bonds is 12. The minimum atomic E-state index is -5.07. The fraction of sp³-hybridized carbons (Fsp3) is 0.421. The van der Waals surface area contributed by atoms with Gasteiger partial charge in [0.05, 0.1) is 30.1 Å². The molecule has 4 aromatic rings. The molecular formula is C38H41F6N5O3. The van der Waals surface area contributed by atoms with Crippen molar-refractivity contribution in [2.75, 3.05) is 65.6 Å². The van der Waals surface area contributed by atoms with E-state index in [2.05, 4.69) is 19.9 Å². The number of nitrogens with one attached hydrogen (secondary N) is 1. The predicted molar refractivity (Wildman–Crippen MR) is 185 cm³/mol. The molecule has 2 aliphatic rings. The summed E-state index contributed by atoms with van der Waals surface area (Å²) in [4.78, 5) is 28.8. The second-order valence-corrected chi connectivity index (χ2v) is 13.1. The monoisotopic (exact) mass is 729 g/mol. The van der Waals surface area contributed by atoms with E-state index in [1.165, 1.54) is 4.90 Å². The predicted octanol–water partition coefficient (Wildman–Crippen LogP) is 7.11. The third-order valence-electron chi connectivity index (χ3n) is 9.55. The van der Waals surface area contributed by atoms with Crippen molar-refractivity contribution < 1.29 is 40.7 Å². The van der Waals surface area contributed by atoms with Crippen LogP contribution >= 0.6 is 0 Å². The number of oxime groups is 1. The first-order valence-electron chi connectivity index (χ1n) is 17.4. The van der Waals surface area contributed by atoms with Gasteiger partial charge in [0, 0.05) is 80.9 Å². The standard InChI is InChI=1S/C38H41F6N5O3/c39-37(40,41)30-21-28(22-31(24-30)38(42,43)44)36(50)49-15-14-48(26-32(49)23-29-25-45-35-10-5-4-9-33(29)35)13-11-34(27-7-2-1-3-8-27)46-52-18-6-12-47-16-19-51-20-17-47/h1-5,7-10,21-22,24-25,32,45H,6,11-20,23,26H2/b46-34-/t32-/m1/s1. The zero-order valence-electron chi connectivity index (χ0n) is 28.6. The summed E-state index contributed by atoms with van der Waals surface area (Å²) in [5.41, 5.74) is -0.264. The molecule has 1 aromatic heterocycles. The Morgan fingerprint density at radius 1 is 0.827 bits per heavy atom. The summed E-state index contributed by atoms with van der Waals surface area (Å²) in [5, 5.41) is 5.43. The SMILES string of the molecule is O=C(c1cc(C(F)(F)F)cc(C(F)(F)F)c1)N1CCN(CC/C(=N/OCCCN2CCOCC2)c2ccccc2)C[C@H]1Cc1c[nH]c2ccccc12. The van der Waals surface area contributed by atoms with Gasteiger partial charge in [-0.25, -0.2) is 0 Å². The number of alkyl halides is 6. The van der Waals surface area contributed by atoms with E-state index in [9.17, 15) is 31.1 Å². The highest BCUT2D eigenvalue weighted by atomic mass is 19.4. The number of ether oxygens (including phenoxy) is 1. The maximum atomic E-state index is 13.9. The Kier molecular flexibility index (Phi) is 11.9. The van der Waals surface area contributed by atoms with Crippen molar-refractivity contribution >= 4 is 22.5 Å². The molecular weight excluding hydrogens is 688 g/mol. The van der Waals surface area contributed by atoms with E-state index < -0.39 is 41.0 Å². The van der Waals surface area contributed by atoms with Gasteiger partial charge in [-0.3, -0.25) is 14.6 Å². The van der Waals surface area contributed by atoms with Crippen LogP contribution in [0, 0.1) is 0 Å². The molecule has 3 aromatic carbocycles. The number of H-pyrrole nitrogens is 1. The third kappa shape index (κ3) is 9.52. The third-order valence-corrected chi connectivity index (χ3v) is 9.55. The summed E-state index contributed by atoms with van der Waals surface area (Å²) >= 11 is 0. The Hall–Kier alpha value is -4.40. The molecule has 0 saturated carbocycles. The van der Waals surface area contributed by atoms with Crippen molar-refractivity contribution in [1.82, 2.24) is 19.7 Å². The minimum absolute atomic E-state index is 0.0396. The first-order valence-corrected chi connectivity index (χ1v) is 17.4. The summed E-state index contributed by atoms with van der Waals surface area (Å²) in [6.45, 7) is 5.95. The van der Waals surface area contributed by atoms with Gasteiger partial charge in [0.15, 0.2) is 0 Å². The van der Waals surface area contributed by atoms with Crippen LogP contribution in [0.1, 0.15) is 45.5 Å². The number of para-hydroxylation sites is 1. The first-order chi connectivity index (χ1) is 25.0. The molecule has 14 heteroatoms. The molecule has 0 aliphatic carbocycles. The molecule has 2 aliphatic heterocycles. The van der Waals surface area contributed by atoms with Crippen LogP contribution in [0.3, 0.4) is 0 Å². The number of carbonyl (C=O) groups excluding carboxylic acids is 1. The second kappa shape index (κ2) is 16.5. The van der Waals surface area contributed by atoms with E-state index in [1.54, 1.807) is 0 Å². The lowest BCUT2D eigenvalue weighted by atomic mass is 9.98. The number of hydrogen-bond acceptors (Lipinski definition) is 6. The Bertz CT molecular complexity index is 1790. The van der Waals surface area contributed by atoms with Crippen molar-refractivity contribution in [1.29, 1.82) is 0 Å². The maximum Gasteiger partial charge on any atom is 0.416 e.